The molecule has 3 rings (SSSR count). The van der Waals surface area contributed by atoms with Crippen molar-refractivity contribution in [2.24, 2.45) is 5.92 Å². The zero-order valence-electron chi connectivity index (χ0n) is 13.0. The minimum atomic E-state index is -0.376. The molecule has 1 N–H and O–H groups in total. The second-order valence-corrected chi connectivity index (χ2v) is 5.90. The summed E-state index contributed by atoms with van der Waals surface area (Å²) in [5, 5.41) is 2.80. The summed E-state index contributed by atoms with van der Waals surface area (Å²) in [5.74, 6) is 0.363. The first-order chi connectivity index (χ1) is 11.1. The first-order valence-electron chi connectivity index (χ1n) is 7.76. The highest BCUT2D eigenvalue weighted by Crippen LogP contribution is 2.19. The molecule has 23 heavy (non-hydrogen) atoms. The zero-order valence-corrected chi connectivity index (χ0v) is 13.0. The fourth-order valence-corrected chi connectivity index (χ4v) is 2.74. The lowest BCUT2D eigenvalue weighted by atomic mass is 10.00. The van der Waals surface area contributed by atoms with Crippen molar-refractivity contribution in [1.82, 2.24) is 14.9 Å². The van der Waals surface area contributed by atoms with Crippen molar-refractivity contribution in [1.29, 1.82) is 0 Å². The molecule has 2 heterocycles. The highest BCUT2D eigenvalue weighted by Gasteiger charge is 2.22. The summed E-state index contributed by atoms with van der Waals surface area (Å²) in [5.41, 5.74) is 0.759. The lowest BCUT2D eigenvalue weighted by Gasteiger charge is -2.30. The molecule has 0 aliphatic carbocycles. The third kappa shape index (κ3) is 3.64. The number of hydrogen-bond donors (Lipinski definition) is 1. The predicted octanol–water partition coefficient (Wildman–Crippen LogP) is 3.23. The van der Waals surface area contributed by atoms with Crippen LogP contribution in [0.3, 0.4) is 0 Å². The van der Waals surface area contributed by atoms with Gasteiger partial charge in [-0.1, -0.05) is 19.1 Å². The van der Waals surface area contributed by atoms with Crippen molar-refractivity contribution in [3.05, 3.63) is 48.0 Å². The summed E-state index contributed by atoms with van der Waals surface area (Å²) >= 11 is 0. The van der Waals surface area contributed by atoms with Gasteiger partial charge in [0.2, 0.25) is 5.95 Å². The van der Waals surface area contributed by atoms with Crippen molar-refractivity contribution >= 4 is 17.5 Å². The third-order valence-electron chi connectivity index (χ3n) is 3.96. The second-order valence-electron chi connectivity index (χ2n) is 5.90. The molecule has 1 amide bonds. The van der Waals surface area contributed by atoms with Crippen LogP contribution in [-0.2, 0) is 0 Å². The number of benzene rings is 1. The first kappa shape index (κ1) is 15.4. The van der Waals surface area contributed by atoms with Crippen molar-refractivity contribution in [2.75, 3.05) is 18.4 Å². The number of likely N-dealkylation sites (tertiary alicyclic amines) is 1. The zero-order chi connectivity index (χ0) is 16.2. The molecule has 6 heteroatoms. The number of hydrogen-bond acceptors (Lipinski definition) is 4. The number of nitrogens with zero attached hydrogens (tertiary/aromatic N) is 3. The normalized spacial score (nSPS) is 17.8. The molecule has 5 nitrogen and oxygen atoms in total. The van der Waals surface area contributed by atoms with Crippen molar-refractivity contribution in [3.63, 3.8) is 0 Å². The number of anilines is 2. The standard InChI is InChI=1S/C17H19FN4O/c1-12-5-4-8-22(11-12)16(23)13-9-19-17(20-10-13)21-15-7-3-2-6-14(15)18/h2-3,6-7,9-10,12H,4-5,8,11H2,1H3,(H,19,20,21). The van der Waals surface area contributed by atoms with Crippen LogP contribution in [-0.4, -0.2) is 33.9 Å². The maximum Gasteiger partial charge on any atom is 0.257 e. The highest BCUT2D eigenvalue weighted by molar-refractivity contribution is 5.93. The fourth-order valence-electron chi connectivity index (χ4n) is 2.74. The molecule has 1 unspecified atom stereocenters. The molecule has 0 radical (unpaired) electrons. The molecule has 1 saturated heterocycles. The number of carbonyl (C=O) groups excluding carboxylic acids is 1. The summed E-state index contributed by atoms with van der Waals surface area (Å²) < 4.78 is 13.6. The van der Waals surface area contributed by atoms with E-state index in [1.165, 1.54) is 18.5 Å². The van der Waals surface area contributed by atoms with E-state index in [9.17, 15) is 9.18 Å². The number of rotatable bonds is 3. The van der Waals surface area contributed by atoms with Crippen LogP contribution in [0, 0.1) is 11.7 Å². The van der Waals surface area contributed by atoms with Crippen molar-refractivity contribution in [2.45, 2.75) is 19.8 Å². The topological polar surface area (TPSA) is 58.1 Å². The molecule has 0 bridgehead atoms. The van der Waals surface area contributed by atoms with Gasteiger partial charge in [0.15, 0.2) is 0 Å². The Hall–Kier alpha value is -2.50. The van der Waals surface area contributed by atoms with E-state index in [-0.39, 0.29) is 17.7 Å². The van der Waals surface area contributed by atoms with E-state index in [2.05, 4.69) is 22.2 Å². The summed E-state index contributed by atoms with van der Waals surface area (Å²) in [7, 11) is 0. The molecule has 1 fully saturated rings. The average Bonchev–Trinajstić information content (AvgIpc) is 2.57. The van der Waals surface area contributed by atoms with Gasteiger partial charge in [0.05, 0.1) is 11.3 Å². The Labute approximate surface area is 134 Å². The van der Waals surface area contributed by atoms with E-state index in [1.807, 2.05) is 4.90 Å². The molecule has 1 aliphatic heterocycles. The number of piperidine rings is 1. The monoisotopic (exact) mass is 314 g/mol. The van der Waals surface area contributed by atoms with Crippen LogP contribution in [0.2, 0.25) is 0 Å². The Balaban J connectivity index is 1.69. The Kier molecular flexibility index (Phi) is 4.50. The largest absolute Gasteiger partial charge is 0.338 e. The minimum absolute atomic E-state index is 0.0472. The predicted molar refractivity (Wildman–Crippen MR) is 86.0 cm³/mol. The lowest BCUT2D eigenvalue weighted by molar-refractivity contribution is 0.0682. The van der Waals surface area contributed by atoms with Gasteiger partial charge < -0.3 is 10.2 Å². The van der Waals surface area contributed by atoms with Crippen molar-refractivity contribution < 1.29 is 9.18 Å². The Bertz CT molecular complexity index is 689. The van der Waals surface area contributed by atoms with Gasteiger partial charge in [-0.3, -0.25) is 4.79 Å². The Morgan fingerprint density at radius 1 is 1.30 bits per heavy atom. The second kappa shape index (κ2) is 6.73. The Morgan fingerprint density at radius 3 is 2.74 bits per heavy atom. The number of carbonyl (C=O) groups is 1. The first-order valence-corrected chi connectivity index (χ1v) is 7.76. The van der Waals surface area contributed by atoms with Gasteiger partial charge in [0, 0.05) is 25.5 Å². The van der Waals surface area contributed by atoms with Gasteiger partial charge in [0.1, 0.15) is 5.82 Å². The van der Waals surface area contributed by atoms with E-state index < -0.39 is 0 Å². The SMILES string of the molecule is CC1CCCN(C(=O)c2cnc(Nc3ccccc3F)nc2)C1. The van der Waals surface area contributed by atoms with E-state index in [4.69, 9.17) is 0 Å². The molecule has 0 saturated carbocycles. The summed E-state index contributed by atoms with van der Waals surface area (Å²) in [6, 6.07) is 6.30. The number of halogens is 1. The van der Waals surface area contributed by atoms with Gasteiger partial charge in [0.25, 0.3) is 5.91 Å². The van der Waals surface area contributed by atoms with Gasteiger partial charge >= 0.3 is 0 Å². The van der Waals surface area contributed by atoms with Crippen LogP contribution in [0.5, 0.6) is 0 Å². The van der Waals surface area contributed by atoms with E-state index in [0.29, 0.717) is 17.2 Å². The minimum Gasteiger partial charge on any atom is -0.338 e. The van der Waals surface area contributed by atoms with Gasteiger partial charge in [-0.2, -0.15) is 0 Å². The van der Waals surface area contributed by atoms with Gasteiger partial charge in [-0.15, -0.1) is 0 Å². The molecular formula is C17H19FN4O. The van der Waals surface area contributed by atoms with Gasteiger partial charge in [-0.05, 0) is 30.9 Å². The van der Waals surface area contributed by atoms with Crippen LogP contribution >= 0.6 is 0 Å². The van der Waals surface area contributed by atoms with Crippen LogP contribution < -0.4 is 5.32 Å². The number of aromatic nitrogens is 2. The molecule has 1 aromatic heterocycles. The molecule has 1 aromatic carbocycles. The molecule has 1 aliphatic rings. The highest BCUT2D eigenvalue weighted by atomic mass is 19.1. The average molecular weight is 314 g/mol. The molecular weight excluding hydrogens is 295 g/mol. The van der Waals surface area contributed by atoms with Crippen LogP contribution in [0.4, 0.5) is 16.0 Å². The van der Waals surface area contributed by atoms with E-state index in [1.54, 1.807) is 18.2 Å². The number of para-hydroxylation sites is 1. The third-order valence-corrected chi connectivity index (χ3v) is 3.96. The molecule has 2 aromatic rings. The maximum atomic E-state index is 13.6. The number of amides is 1. The smallest absolute Gasteiger partial charge is 0.257 e. The van der Waals surface area contributed by atoms with Crippen LogP contribution in [0.1, 0.15) is 30.1 Å². The fraction of sp³-hybridized carbons (Fsp3) is 0.353. The van der Waals surface area contributed by atoms with Crippen LogP contribution in [0.25, 0.3) is 0 Å². The van der Waals surface area contributed by atoms with E-state index >= 15 is 0 Å². The van der Waals surface area contributed by atoms with Crippen LogP contribution in [0.15, 0.2) is 36.7 Å². The summed E-state index contributed by atoms with van der Waals surface area (Å²) in [6.07, 6.45) is 5.15. The number of nitrogens with one attached hydrogen (secondary N) is 1. The Morgan fingerprint density at radius 2 is 2.04 bits per heavy atom. The van der Waals surface area contributed by atoms with E-state index in [0.717, 1.165) is 25.9 Å². The van der Waals surface area contributed by atoms with Gasteiger partial charge in [-0.25, -0.2) is 14.4 Å². The molecule has 120 valence electrons. The molecule has 0 spiro atoms. The summed E-state index contributed by atoms with van der Waals surface area (Å²) in [6.45, 7) is 3.70. The van der Waals surface area contributed by atoms with Crippen molar-refractivity contribution in [3.8, 4) is 0 Å². The quantitative estimate of drug-likeness (QED) is 0.945. The lowest BCUT2D eigenvalue weighted by Crippen LogP contribution is -2.39. The maximum absolute atomic E-state index is 13.6. The summed E-state index contributed by atoms with van der Waals surface area (Å²) in [4.78, 5) is 22.5. The molecule has 1 atom stereocenters.